The average Bonchev–Trinajstić information content (AvgIpc) is 3.51. The lowest BCUT2D eigenvalue weighted by molar-refractivity contribution is -0.118. The number of thioether (sulfide) groups is 1. The summed E-state index contributed by atoms with van der Waals surface area (Å²) >= 11 is 1.25. The average molecular weight is 480 g/mol. The second kappa shape index (κ2) is 11.3. The van der Waals surface area contributed by atoms with E-state index in [2.05, 4.69) is 20.8 Å². The monoisotopic (exact) mass is 479 g/mol. The molecule has 10 heteroatoms. The molecule has 2 aromatic heterocycles. The number of carbonyl (C=O) groups excluding carboxylic acids is 2. The van der Waals surface area contributed by atoms with Crippen LogP contribution in [0.15, 0.2) is 82.6 Å². The van der Waals surface area contributed by atoms with Crippen LogP contribution >= 0.6 is 11.8 Å². The van der Waals surface area contributed by atoms with Crippen LogP contribution in [0.25, 0.3) is 11.6 Å². The molecule has 0 saturated heterocycles. The fourth-order valence-corrected chi connectivity index (χ4v) is 3.96. The van der Waals surface area contributed by atoms with Crippen molar-refractivity contribution in [3.8, 4) is 11.6 Å². The van der Waals surface area contributed by atoms with Crippen LogP contribution in [0.3, 0.4) is 0 Å². The number of carbonyl (C=O) groups is 2. The molecule has 0 saturated carbocycles. The van der Waals surface area contributed by atoms with Crippen molar-refractivity contribution in [2.45, 2.75) is 11.7 Å². The van der Waals surface area contributed by atoms with E-state index in [1.807, 2.05) is 41.0 Å². The fraction of sp³-hybridized carbons (Fsp3) is 0.167. The summed E-state index contributed by atoms with van der Waals surface area (Å²) in [7, 11) is 0. The number of rotatable bonds is 10. The Labute approximate surface area is 199 Å². The second-order valence-corrected chi connectivity index (χ2v) is 8.17. The number of furan rings is 1. The Hall–Kier alpha value is -3.92. The number of hydrogen-bond donors (Lipinski definition) is 2. The van der Waals surface area contributed by atoms with E-state index >= 15 is 0 Å². The second-order valence-electron chi connectivity index (χ2n) is 7.23. The third kappa shape index (κ3) is 5.90. The smallest absolute Gasteiger partial charge is 0.254 e. The summed E-state index contributed by atoms with van der Waals surface area (Å²) < 4.78 is 21.0. The van der Waals surface area contributed by atoms with Crippen molar-refractivity contribution in [2.75, 3.05) is 18.8 Å². The first kappa shape index (κ1) is 23.2. The highest BCUT2D eigenvalue weighted by molar-refractivity contribution is 7.99. The third-order valence-corrected chi connectivity index (χ3v) is 5.79. The van der Waals surface area contributed by atoms with Crippen molar-refractivity contribution in [3.63, 3.8) is 0 Å². The number of halogens is 1. The molecule has 4 aromatic rings. The van der Waals surface area contributed by atoms with E-state index in [9.17, 15) is 14.0 Å². The summed E-state index contributed by atoms with van der Waals surface area (Å²) in [5.41, 5.74) is 1.03. The molecule has 2 N–H and O–H groups in total. The molecule has 8 nitrogen and oxygen atoms in total. The number of aromatic nitrogens is 3. The number of hydrogen-bond acceptors (Lipinski definition) is 6. The zero-order valence-corrected chi connectivity index (χ0v) is 18.9. The molecule has 0 radical (unpaired) electrons. The van der Waals surface area contributed by atoms with Crippen LogP contribution in [0, 0.1) is 5.82 Å². The Morgan fingerprint density at radius 3 is 2.47 bits per heavy atom. The molecule has 34 heavy (non-hydrogen) atoms. The normalized spacial score (nSPS) is 10.7. The van der Waals surface area contributed by atoms with Gasteiger partial charge in [0.1, 0.15) is 5.82 Å². The molecular formula is C24H22FN5O3S. The molecule has 0 aliphatic carbocycles. The third-order valence-electron chi connectivity index (χ3n) is 4.83. The highest BCUT2D eigenvalue weighted by Crippen LogP contribution is 2.25. The molecule has 2 heterocycles. The number of nitrogens with one attached hydrogen (secondary N) is 2. The molecule has 0 fully saturated rings. The van der Waals surface area contributed by atoms with Crippen molar-refractivity contribution < 1.29 is 18.4 Å². The van der Waals surface area contributed by atoms with E-state index in [4.69, 9.17) is 4.42 Å². The zero-order chi connectivity index (χ0) is 23.8. The number of benzene rings is 2. The Kier molecular flexibility index (Phi) is 7.71. The highest BCUT2D eigenvalue weighted by atomic mass is 32.2. The Morgan fingerprint density at radius 1 is 0.941 bits per heavy atom. The fourth-order valence-electron chi connectivity index (χ4n) is 3.19. The first-order chi connectivity index (χ1) is 16.6. The van der Waals surface area contributed by atoms with Gasteiger partial charge in [-0.05, 0) is 29.8 Å². The Morgan fingerprint density at radius 2 is 1.71 bits per heavy atom. The van der Waals surface area contributed by atoms with Crippen molar-refractivity contribution in [2.24, 2.45) is 0 Å². The van der Waals surface area contributed by atoms with Crippen LogP contribution in [0.4, 0.5) is 4.39 Å². The van der Waals surface area contributed by atoms with Gasteiger partial charge in [-0.2, -0.15) is 0 Å². The molecular weight excluding hydrogens is 457 g/mol. The van der Waals surface area contributed by atoms with Gasteiger partial charge >= 0.3 is 0 Å². The Balaban J connectivity index is 1.31. The molecule has 0 unspecified atom stereocenters. The van der Waals surface area contributed by atoms with Crippen LogP contribution in [0.1, 0.15) is 15.9 Å². The minimum Gasteiger partial charge on any atom is -0.461 e. The van der Waals surface area contributed by atoms with Crippen LogP contribution in [0.2, 0.25) is 0 Å². The zero-order valence-electron chi connectivity index (χ0n) is 18.1. The van der Waals surface area contributed by atoms with Crippen LogP contribution < -0.4 is 10.6 Å². The molecule has 4 rings (SSSR count). The lowest BCUT2D eigenvalue weighted by atomic mass is 10.2. The summed E-state index contributed by atoms with van der Waals surface area (Å²) in [4.78, 5) is 24.3. The van der Waals surface area contributed by atoms with Crippen molar-refractivity contribution in [1.29, 1.82) is 0 Å². The van der Waals surface area contributed by atoms with Crippen molar-refractivity contribution >= 4 is 23.6 Å². The van der Waals surface area contributed by atoms with E-state index in [-0.39, 0.29) is 30.3 Å². The maximum Gasteiger partial charge on any atom is 0.254 e. The maximum atomic E-state index is 13.6. The molecule has 2 amide bonds. The lowest BCUT2D eigenvalue weighted by Gasteiger charge is -2.10. The Bertz CT molecular complexity index is 1240. The van der Waals surface area contributed by atoms with Crippen molar-refractivity contribution in [1.82, 2.24) is 25.4 Å². The van der Waals surface area contributed by atoms with E-state index in [1.165, 1.54) is 30.0 Å². The minimum absolute atomic E-state index is 0.0329. The molecule has 174 valence electrons. The lowest BCUT2D eigenvalue weighted by Crippen LogP contribution is -2.35. The summed E-state index contributed by atoms with van der Waals surface area (Å²) in [5, 5.41) is 14.4. The number of nitrogens with zero attached hydrogens (tertiary/aromatic N) is 3. The highest BCUT2D eigenvalue weighted by Gasteiger charge is 2.18. The quantitative estimate of drug-likeness (QED) is 0.267. The van der Waals surface area contributed by atoms with E-state index in [0.29, 0.717) is 23.3 Å². The van der Waals surface area contributed by atoms with Gasteiger partial charge in [0.05, 0.1) is 24.1 Å². The van der Waals surface area contributed by atoms with Gasteiger partial charge in [-0.15, -0.1) is 10.2 Å². The molecule has 0 aliphatic rings. The van der Waals surface area contributed by atoms with E-state index in [0.717, 1.165) is 5.56 Å². The summed E-state index contributed by atoms with van der Waals surface area (Å²) in [5.74, 6) is -0.0566. The van der Waals surface area contributed by atoms with E-state index in [1.54, 1.807) is 18.4 Å². The van der Waals surface area contributed by atoms with Gasteiger partial charge in [0.15, 0.2) is 10.9 Å². The standard InChI is InChI=1S/C24H22FN5O3S/c25-19-10-5-4-9-18(19)23(32)27-13-12-26-21(31)16-34-24-29-28-22(20-11-6-14-33-20)30(24)15-17-7-2-1-3-8-17/h1-11,14H,12-13,15-16H2,(H,26,31)(H,27,32). The van der Waals surface area contributed by atoms with Gasteiger partial charge in [-0.3, -0.25) is 14.2 Å². The molecule has 0 atom stereocenters. The van der Waals surface area contributed by atoms with Gasteiger partial charge in [-0.25, -0.2) is 4.39 Å². The minimum atomic E-state index is -0.589. The summed E-state index contributed by atoms with van der Waals surface area (Å²) in [6.45, 7) is 0.917. The number of amides is 2. The summed E-state index contributed by atoms with van der Waals surface area (Å²) in [6.07, 6.45) is 1.57. The van der Waals surface area contributed by atoms with Crippen LogP contribution in [-0.4, -0.2) is 45.4 Å². The first-order valence-corrected chi connectivity index (χ1v) is 11.5. The van der Waals surface area contributed by atoms with Gasteiger partial charge in [0, 0.05) is 13.1 Å². The first-order valence-electron chi connectivity index (χ1n) is 10.5. The SMILES string of the molecule is O=C(CSc1nnc(-c2ccco2)n1Cc1ccccc1)NCCNC(=O)c1ccccc1F. The molecule has 2 aromatic carbocycles. The van der Waals surface area contributed by atoms with Gasteiger partial charge in [0.2, 0.25) is 11.7 Å². The van der Waals surface area contributed by atoms with Gasteiger partial charge in [0.25, 0.3) is 5.91 Å². The van der Waals surface area contributed by atoms with Gasteiger partial charge in [-0.1, -0.05) is 54.2 Å². The summed E-state index contributed by atoms with van der Waals surface area (Å²) in [6, 6.07) is 19.2. The largest absolute Gasteiger partial charge is 0.461 e. The van der Waals surface area contributed by atoms with Crippen molar-refractivity contribution in [3.05, 3.63) is 89.9 Å². The molecule has 0 spiro atoms. The molecule has 0 bridgehead atoms. The van der Waals surface area contributed by atoms with Gasteiger partial charge < -0.3 is 15.1 Å². The molecule has 0 aliphatic heterocycles. The predicted octanol–water partition coefficient (Wildman–Crippen LogP) is 3.36. The van der Waals surface area contributed by atoms with Crippen LogP contribution in [0.5, 0.6) is 0 Å². The maximum absolute atomic E-state index is 13.6. The topological polar surface area (TPSA) is 102 Å². The van der Waals surface area contributed by atoms with E-state index < -0.39 is 11.7 Å². The predicted molar refractivity (Wildman–Crippen MR) is 126 cm³/mol. The van der Waals surface area contributed by atoms with Crippen LogP contribution in [-0.2, 0) is 11.3 Å².